The zero-order valence-electron chi connectivity index (χ0n) is 11.0. The van der Waals surface area contributed by atoms with E-state index in [1.54, 1.807) is 0 Å². The van der Waals surface area contributed by atoms with Crippen LogP contribution < -0.4 is 5.32 Å². The minimum atomic E-state index is -0.834. The van der Waals surface area contributed by atoms with Gasteiger partial charge in [-0.1, -0.05) is 12.1 Å². The van der Waals surface area contributed by atoms with Gasteiger partial charge >= 0.3 is 5.97 Å². The highest BCUT2D eigenvalue weighted by Crippen LogP contribution is 2.06. The lowest BCUT2D eigenvalue weighted by molar-refractivity contribution is -0.137. The summed E-state index contributed by atoms with van der Waals surface area (Å²) in [6, 6.07) is 1.51. The Morgan fingerprint density at radius 1 is 1.58 bits per heavy atom. The van der Waals surface area contributed by atoms with Crippen molar-refractivity contribution in [1.82, 2.24) is 10.5 Å². The van der Waals surface area contributed by atoms with E-state index in [2.05, 4.69) is 10.5 Å². The second-order valence-corrected chi connectivity index (χ2v) is 4.36. The quantitative estimate of drug-likeness (QED) is 0.732. The molecule has 1 unspecified atom stereocenters. The number of rotatable bonds is 8. The monoisotopic (exact) mass is 270 g/mol. The second-order valence-electron chi connectivity index (χ2n) is 4.36. The lowest BCUT2D eigenvalue weighted by Crippen LogP contribution is -2.28. The maximum atomic E-state index is 11.7. The molecule has 1 atom stereocenters. The fourth-order valence-corrected chi connectivity index (χ4v) is 1.46. The zero-order valence-corrected chi connectivity index (χ0v) is 11.0. The van der Waals surface area contributed by atoms with Crippen molar-refractivity contribution in [3.63, 3.8) is 0 Å². The topological polar surface area (TPSA) is 102 Å². The minimum Gasteiger partial charge on any atom is -0.481 e. The number of aliphatic carboxylic acids is 1. The molecule has 7 heteroatoms. The van der Waals surface area contributed by atoms with Gasteiger partial charge in [-0.25, -0.2) is 0 Å². The number of carboxylic acid groups (broad SMARTS) is 1. The molecular weight excluding hydrogens is 252 g/mol. The molecule has 1 rings (SSSR count). The first kappa shape index (κ1) is 15.2. The van der Waals surface area contributed by atoms with Crippen LogP contribution in [-0.2, 0) is 16.1 Å². The van der Waals surface area contributed by atoms with Gasteiger partial charge < -0.3 is 19.7 Å². The molecule has 0 spiro atoms. The summed E-state index contributed by atoms with van der Waals surface area (Å²) in [5.74, 6) is -0.607. The molecule has 1 heterocycles. The van der Waals surface area contributed by atoms with Gasteiger partial charge in [0.1, 0.15) is 6.61 Å². The molecule has 0 bridgehead atoms. The van der Waals surface area contributed by atoms with Gasteiger partial charge in [0.15, 0.2) is 11.5 Å². The van der Waals surface area contributed by atoms with E-state index in [0.717, 1.165) is 0 Å². The number of amides is 1. The third kappa shape index (κ3) is 5.52. The average Bonchev–Trinajstić information content (AvgIpc) is 2.82. The maximum Gasteiger partial charge on any atom is 0.303 e. The van der Waals surface area contributed by atoms with Crippen molar-refractivity contribution in [2.45, 2.75) is 26.4 Å². The Balaban J connectivity index is 2.35. The molecule has 106 valence electrons. The molecule has 0 saturated heterocycles. The summed E-state index contributed by atoms with van der Waals surface area (Å²) in [4.78, 5) is 22.1. The molecule has 0 fully saturated rings. The third-order valence-corrected chi connectivity index (χ3v) is 2.54. The molecule has 1 aromatic rings. The fourth-order valence-electron chi connectivity index (χ4n) is 1.46. The van der Waals surface area contributed by atoms with Crippen LogP contribution in [0.1, 0.15) is 36.0 Å². The predicted molar refractivity (Wildman–Crippen MR) is 65.6 cm³/mol. The van der Waals surface area contributed by atoms with Gasteiger partial charge in [0.25, 0.3) is 5.91 Å². The van der Waals surface area contributed by atoms with Crippen molar-refractivity contribution in [2.24, 2.45) is 5.92 Å². The van der Waals surface area contributed by atoms with Crippen molar-refractivity contribution in [1.29, 1.82) is 0 Å². The molecule has 0 radical (unpaired) electrons. The number of carbonyl (C=O) groups is 2. The molecule has 7 nitrogen and oxygen atoms in total. The van der Waals surface area contributed by atoms with Gasteiger partial charge in [-0.2, -0.15) is 0 Å². The molecular formula is C12H18N2O5. The standard InChI is InChI=1S/C12H18N2O5/c1-8(3-4-11(15)16)6-13-12(17)10-5-9(7-18-2)19-14-10/h5,8H,3-4,6-7H2,1-2H3,(H,13,17)(H,15,16). The second kappa shape index (κ2) is 7.52. The van der Waals surface area contributed by atoms with Gasteiger partial charge in [0, 0.05) is 26.1 Å². The first-order valence-electron chi connectivity index (χ1n) is 5.97. The summed E-state index contributed by atoms with van der Waals surface area (Å²) in [5, 5.41) is 14.9. The van der Waals surface area contributed by atoms with Crippen LogP contribution >= 0.6 is 0 Å². The molecule has 0 saturated carbocycles. The Labute approximate surface area is 110 Å². The van der Waals surface area contributed by atoms with Crippen molar-refractivity contribution < 1.29 is 24.0 Å². The Morgan fingerprint density at radius 2 is 2.32 bits per heavy atom. The molecule has 0 aromatic carbocycles. The SMILES string of the molecule is COCc1cc(C(=O)NCC(C)CCC(=O)O)no1. The maximum absolute atomic E-state index is 11.7. The number of carbonyl (C=O) groups excluding carboxylic acids is 1. The van der Waals surface area contributed by atoms with Crippen molar-refractivity contribution in [3.05, 3.63) is 17.5 Å². The van der Waals surface area contributed by atoms with Crippen molar-refractivity contribution >= 4 is 11.9 Å². The zero-order chi connectivity index (χ0) is 14.3. The van der Waals surface area contributed by atoms with E-state index < -0.39 is 5.97 Å². The highest BCUT2D eigenvalue weighted by atomic mass is 16.5. The van der Waals surface area contributed by atoms with Crippen molar-refractivity contribution in [3.8, 4) is 0 Å². The fraction of sp³-hybridized carbons (Fsp3) is 0.583. The van der Waals surface area contributed by atoms with Crippen LogP contribution in [0, 0.1) is 5.92 Å². The molecule has 0 aliphatic heterocycles. The van der Waals surface area contributed by atoms with Crippen molar-refractivity contribution in [2.75, 3.05) is 13.7 Å². The molecule has 0 aliphatic carbocycles. The number of nitrogens with one attached hydrogen (secondary N) is 1. The van der Waals surface area contributed by atoms with E-state index >= 15 is 0 Å². The number of hydrogen-bond acceptors (Lipinski definition) is 5. The number of methoxy groups -OCH3 is 1. The average molecular weight is 270 g/mol. The van der Waals surface area contributed by atoms with Crippen LogP contribution in [0.4, 0.5) is 0 Å². The van der Waals surface area contributed by atoms with Gasteiger partial charge in [-0.3, -0.25) is 9.59 Å². The molecule has 2 N–H and O–H groups in total. The first-order valence-corrected chi connectivity index (χ1v) is 5.97. The Bertz CT molecular complexity index is 430. The lowest BCUT2D eigenvalue weighted by Gasteiger charge is -2.10. The largest absolute Gasteiger partial charge is 0.481 e. The normalized spacial score (nSPS) is 12.1. The number of carboxylic acids is 1. The van der Waals surface area contributed by atoms with E-state index in [4.69, 9.17) is 14.4 Å². The predicted octanol–water partition coefficient (Wildman–Crippen LogP) is 1.05. The van der Waals surface area contributed by atoms with Crippen LogP contribution in [0.5, 0.6) is 0 Å². The Morgan fingerprint density at radius 3 is 2.95 bits per heavy atom. The van der Waals surface area contributed by atoms with Gasteiger partial charge in [-0.15, -0.1) is 0 Å². The minimum absolute atomic E-state index is 0.0883. The highest BCUT2D eigenvalue weighted by molar-refractivity contribution is 5.92. The number of hydrogen-bond donors (Lipinski definition) is 2. The summed E-state index contributed by atoms with van der Waals surface area (Å²) in [5.41, 5.74) is 0.192. The summed E-state index contributed by atoms with van der Waals surface area (Å²) in [6.07, 6.45) is 0.613. The van der Waals surface area contributed by atoms with E-state index in [0.29, 0.717) is 18.7 Å². The summed E-state index contributed by atoms with van der Waals surface area (Å²) in [6.45, 7) is 2.54. The number of aromatic nitrogens is 1. The van der Waals surface area contributed by atoms with Crippen LogP contribution in [0.2, 0.25) is 0 Å². The van der Waals surface area contributed by atoms with Gasteiger partial charge in [0.2, 0.25) is 0 Å². The van der Waals surface area contributed by atoms with Crippen LogP contribution in [0.3, 0.4) is 0 Å². The smallest absolute Gasteiger partial charge is 0.303 e. The summed E-state index contributed by atoms with van der Waals surface area (Å²) >= 11 is 0. The highest BCUT2D eigenvalue weighted by Gasteiger charge is 2.13. The lowest BCUT2D eigenvalue weighted by atomic mass is 10.1. The van der Waals surface area contributed by atoms with Crippen LogP contribution in [0.15, 0.2) is 10.6 Å². The van der Waals surface area contributed by atoms with E-state index in [1.165, 1.54) is 13.2 Å². The first-order chi connectivity index (χ1) is 9.02. The number of ether oxygens (including phenoxy) is 1. The third-order valence-electron chi connectivity index (χ3n) is 2.54. The molecule has 1 amide bonds. The van der Waals surface area contributed by atoms with E-state index in [9.17, 15) is 9.59 Å². The molecule has 1 aromatic heterocycles. The van der Waals surface area contributed by atoms with Gasteiger partial charge in [-0.05, 0) is 12.3 Å². The van der Waals surface area contributed by atoms with E-state index in [-0.39, 0.29) is 30.5 Å². The van der Waals surface area contributed by atoms with E-state index in [1.807, 2.05) is 6.92 Å². The Kier molecular flexibility index (Phi) is 6.01. The Hall–Kier alpha value is -1.89. The molecule has 19 heavy (non-hydrogen) atoms. The summed E-state index contributed by atoms with van der Waals surface area (Å²) in [7, 11) is 1.52. The number of nitrogens with zero attached hydrogens (tertiary/aromatic N) is 1. The van der Waals surface area contributed by atoms with Crippen LogP contribution in [-0.4, -0.2) is 35.8 Å². The van der Waals surface area contributed by atoms with Crippen LogP contribution in [0.25, 0.3) is 0 Å². The molecule has 0 aliphatic rings. The van der Waals surface area contributed by atoms with Gasteiger partial charge in [0.05, 0.1) is 0 Å². The summed E-state index contributed by atoms with van der Waals surface area (Å²) < 4.78 is 9.75.